The lowest BCUT2D eigenvalue weighted by molar-refractivity contribution is -0.568. The highest BCUT2D eigenvalue weighted by Crippen LogP contribution is 2.07. The Labute approximate surface area is 138 Å². The summed E-state index contributed by atoms with van der Waals surface area (Å²) in [6.07, 6.45) is 8.21. The summed E-state index contributed by atoms with van der Waals surface area (Å²) in [6.45, 7) is 2.10. The molecule has 0 fully saturated rings. The van der Waals surface area contributed by atoms with Gasteiger partial charge in [0.2, 0.25) is 0 Å². The van der Waals surface area contributed by atoms with E-state index >= 15 is 0 Å². The van der Waals surface area contributed by atoms with Crippen molar-refractivity contribution in [2.45, 2.75) is 13.3 Å². The molecule has 2 rings (SSSR count). The quantitative estimate of drug-likeness (QED) is 0.439. The molecule has 0 saturated heterocycles. The lowest BCUT2D eigenvalue weighted by atomic mass is 10.1. The first-order chi connectivity index (χ1) is 10.1. The Morgan fingerprint density at radius 2 is 1.68 bits per heavy atom. The van der Waals surface area contributed by atoms with E-state index in [1.807, 2.05) is 72.4 Å². The molecular formula is C18H21ClN2O. The average Bonchev–Trinajstić information content (AvgIpc) is 2.53. The summed E-state index contributed by atoms with van der Waals surface area (Å²) in [5.41, 5.74) is 3.08. The summed E-state index contributed by atoms with van der Waals surface area (Å²) < 4.78 is 1.87. The summed E-state index contributed by atoms with van der Waals surface area (Å²) in [5, 5.41) is 0. The van der Waals surface area contributed by atoms with Gasteiger partial charge in [-0.15, -0.1) is 0 Å². The van der Waals surface area contributed by atoms with E-state index in [-0.39, 0.29) is 18.2 Å². The highest BCUT2D eigenvalue weighted by molar-refractivity contribution is 6.05. The molecule has 0 aliphatic carbocycles. The van der Waals surface area contributed by atoms with Crippen LogP contribution in [0.4, 0.5) is 5.69 Å². The molecule has 0 spiro atoms. The first-order valence-electron chi connectivity index (χ1n) is 7.09. The number of allylic oxidation sites excluding steroid dienone is 1. The molecule has 0 aliphatic rings. The van der Waals surface area contributed by atoms with E-state index in [4.69, 9.17) is 0 Å². The lowest BCUT2D eigenvalue weighted by Gasteiger charge is -2.09. The van der Waals surface area contributed by atoms with Gasteiger partial charge in [0.1, 0.15) is 0 Å². The molecule has 1 aromatic carbocycles. The summed E-state index contributed by atoms with van der Waals surface area (Å²) in [6, 6.07) is 11.8. The van der Waals surface area contributed by atoms with Crippen LogP contribution in [0.25, 0.3) is 6.20 Å². The maximum atomic E-state index is 12.1. The van der Waals surface area contributed by atoms with Crippen molar-refractivity contribution < 1.29 is 21.8 Å². The molecule has 3 nitrogen and oxygen atoms in total. The van der Waals surface area contributed by atoms with Crippen LogP contribution in [0.1, 0.15) is 22.8 Å². The number of hydrogen-bond acceptors (Lipinski definition) is 2. The Bertz CT molecular complexity index is 631. The number of hydrogen-bond donors (Lipinski definition) is 0. The molecule has 0 bridgehead atoms. The van der Waals surface area contributed by atoms with E-state index in [0.717, 1.165) is 12.1 Å². The number of nitrogens with zero attached hydrogens (tertiary/aromatic N) is 2. The van der Waals surface area contributed by atoms with E-state index < -0.39 is 0 Å². The van der Waals surface area contributed by atoms with E-state index in [1.165, 1.54) is 5.56 Å². The zero-order valence-electron chi connectivity index (χ0n) is 13.2. The van der Waals surface area contributed by atoms with Gasteiger partial charge >= 0.3 is 0 Å². The number of carbonyl (C=O) groups is 1. The van der Waals surface area contributed by atoms with Crippen molar-refractivity contribution in [3.05, 3.63) is 66.0 Å². The fraction of sp³-hybridized carbons (Fsp3) is 0.222. The van der Waals surface area contributed by atoms with Gasteiger partial charge in [-0.3, -0.25) is 4.79 Å². The maximum Gasteiger partial charge on any atom is 0.191 e. The predicted molar refractivity (Wildman–Crippen MR) is 86.4 cm³/mol. The van der Waals surface area contributed by atoms with E-state index in [2.05, 4.69) is 6.92 Å². The molecule has 1 heterocycles. The Morgan fingerprint density at radius 1 is 1.09 bits per heavy atom. The second-order valence-electron chi connectivity index (χ2n) is 5.13. The third-order valence-corrected chi connectivity index (χ3v) is 3.40. The van der Waals surface area contributed by atoms with Crippen LogP contribution < -0.4 is 21.9 Å². The van der Waals surface area contributed by atoms with Crippen molar-refractivity contribution >= 4 is 17.7 Å². The van der Waals surface area contributed by atoms with Crippen LogP contribution in [0.15, 0.2) is 54.9 Å². The Morgan fingerprint density at radius 3 is 2.18 bits per heavy atom. The molecule has 0 aliphatic heterocycles. The minimum Gasteiger partial charge on any atom is -1.00 e. The predicted octanol–water partition coefficient (Wildman–Crippen LogP) is -0.0399. The fourth-order valence-corrected chi connectivity index (χ4v) is 1.98. The Balaban J connectivity index is 0.00000242. The minimum absolute atomic E-state index is 0. The largest absolute Gasteiger partial charge is 1.00 e. The molecular weight excluding hydrogens is 296 g/mol. The number of aryl methyl sites for hydroxylation is 1. The van der Waals surface area contributed by atoms with Crippen molar-refractivity contribution in [1.82, 2.24) is 0 Å². The maximum absolute atomic E-state index is 12.1. The van der Waals surface area contributed by atoms with Crippen LogP contribution in [0.2, 0.25) is 0 Å². The van der Waals surface area contributed by atoms with Gasteiger partial charge in [-0.1, -0.05) is 31.2 Å². The zero-order chi connectivity index (χ0) is 15.2. The lowest BCUT2D eigenvalue weighted by Crippen LogP contribution is -3.00. The van der Waals surface area contributed by atoms with Crippen LogP contribution in [0.5, 0.6) is 0 Å². The van der Waals surface area contributed by atoms with Crippen LogP contribution in [-0.2, 0) is 6.42 Å². The van der Waals surface area contributed by atoms with Gasteiger partial charge in [-0.2, -0.15) is 4.57 Å². The molecule has 0 N–H and O–H groups in total. The molecule has 0 atom stereocenters. The van der Waals surface area contributed by atoms with Crippen molar-refractivity contribution in [2.24, 2.45) is 0 Å². The number of rotatable bonds is 5. The van der Waals surface area contributed by atoms with Crippen molar-refractivity contribution in [1.29, 1.82) is 0 Å². The summed E-state index contributed by atoms with van der Waals surface area (Å²) in [4.78, 5) is 14.1. The smallest absolute Gasteiger partial charge is 0.191 e. The molecule has 4 heteroatoms. The summed E-state index contributed by atoms with van der Waals surface area (Å²) in [5.74, 6) is 0.0156. The normalized spacial score (nSPS) is 10.3. The first kappa shape index (κ1) is 17.9. The van der Waals surface area contributed by atoms with E-state index in [1.54, 1.807) is 12.3 Å². The highest BCUT2D eigenvalue weighted by atomic mass is 35.5. The average molecular weight is 317 g/mol. The van der Waals surface area contributed by atoms with Gasteiger partial charge in [0, 0.05) is 37.5 Å². The Kier molecular flexibility index (Phi) is 6.80. The van der Waals surface area contributed by atoms with Gasteiger partial charge in [-0.25, -0.2) is 0 Å². The van der Waals surface area contributed by atoms with Crippen LogP contribution in [-0.4, -0.2) is 19.9 Å². The van der Waals surface area contributed by atoms with E-state index in [0.29, 0.717) is 5.56 Å². The second-order valence-corrected chi connectivity index (χ2v) is 5.13. The molecule has 2 aromatic rings. The highest BCUT2D eigenvalue weighted by Gasteiger charge is 2.04. The fourth-order valence-electron chi connectivity index (χ4n) is 1.98. The number of aromatic nitrogens is 1. The second kappa shape index (κ2) is 8.35. The van der Waals surface area contributed by atoms with Crippen molar-refractivity contribution in [3.8, 4) is 0 Å². The number of ketones is 1. The number of benzene rings is 1. The molecule has 116 valence electrons. The zero-order valence-corrected chi connectivity index (χ0v) is 13.9. The Hall–Kier alpha value is -2.13. The van der Waals surface area contributed by atoms with Gasteiger partial charge < -0.3 is 17.3 Å². The molecule has 0 radical (unpaired) electrons. The first-order valence-corrected chi connectivity index (χ1v) is 7.09. The van der Waals surface area contributed by atoms with Crippen LogP contribution in [0.3, 0.4) is 0 Å². The van der Waals surface area contributed by atoms with Gasteiger partial charge in [0.15, 0.2) is 24.4 Å². The number of pyridine rings is 1. The minimum atomic E-state index is 0. The molecule has 22 heavy (non-hydrogen) atoms. The monoisotopic (exact) mass is 316 g/mol. The van der Waals surface area contributed by atoms with Crippen LogP contribution in [0, 0.1) is 0 Å². The van der Waals surface area contributed by atoms with Crippen molar-refractivity contribution in [2.75, 3.05) is 19.0 Å². The third-order valence-electron chi connectivity index (χ3n) is 3.40. The number of carbonyl (C=O) groups excluding carboxylic acids is 1. The molecule has 0 unspecified atom stereocenters. The van der Waals surface area contributed by atoms with Gasteiger partial charge in [0.05, 0.1) is 6.08 Å². The van der Waals surface area contributed by atoms with Gasteiger partial charge in [0.25, 0.3) is 0 Å². The molecule has 1 aromatic heterocycles. The topological polar surface area (TPSA) is 24.2 Å². The summed E-state index contributed by atoms with van der Waals surface area (Å²) >= 11 is 0. The molecule has 0 saturated carbocycles. The summed E-state index contributed by atoms with van der Waals surface area (Å²) in [7, 11) is 4.00. The third kappa shape index (κ3) is 4.71. The van der Waals surface area contributed by atoms with Crippen LogP contribution >= 0.6 is 0 Å². The number of halogens is 1. The number of anilines is 1. The standard InChI is InChI=1S/C18H21N2O.ClH/c1-4-15-5-7-16(8-6-15)18(21)11-14-20-12-9-17(10-13-20)19(2)3;/h5-14H,4H2,1-3H3;1H/q+1;/p-1/b14-11+;. The molecule has 0 amide bonds. The SMILES string of the molecule is CCc1ccc(C(=O)/C=C/[n+]2ccc(N(C)C)cc2)cc1.[Cl-]. The van der Waals surface area contributed by atoms with Crippen molar-refractivity contribution in [3.63, 3.8) is 0 Å². The van der Waals surface area contributed by atoms with Gasteiger partial charge in [-0.05, 0) is 12.0 Å². The van der Waals surface area contributed by atoms with E-state index in [9.17, 15) is 4.79 Å².